The Labute approximate surface area is 204 Å². The minimum atomic E-state index is -4.74. The van der Waals surface area contributed by atoms with Gasteiger partial charge in [0.05, 0.1) is 33.5 Å². The molecule has 4 rings (SSSR count). The molecule has 34 heavy (non-hydrogen) atoms. The topological polar surface area (TPSA) is 82.5 Å². The van der Waals surface area contributed by atoms with E-state index in [9.17, 15) is 22.8 Å². The number of carboxylic acid groups (broad SMARTS) is 1. The number of rotatable bonds is 6. The van der Waals surface area contributed by atoms with E-state index in [4.69, 9.17) is 28.3 Å². The Hall–Kier alpha value is -2.52. The molecule has 2 aliphatic carbocycles. The first-order valence-corrected chi connectivity index (χ1v) is 11.5. The molecule has 2 N–H and O–H groups in total. The molecule has 0 bridgehead atoms. The van der Waals surface area contributed by atoms with Gasteiger partial charge >= 0.3 is 12.1 Å². The summed E-state index contributed by atoms with van der Waals surface area (Å²) in [5.74, 6) is -3.20. The predicted octanol–water partition coefficient (Wildman–Crippen LogP) is 5.14. The van der Waals surface area contributed by atoms with Crippen molar-refractivity contribution < 1.29 is 27.9 Å². The predicted molar refractivity (Wildman–Crippen MR) is 121 cm³/mol. The maximum Gasteiger partial charge on any atom is 0.414 e. The van der Waals surface area contributed by atoms with Gasteiger partial charge in [-0.15, -0.1) is 0 Å². The van der Waals surface area contributed by atoms with E-state index < -0.39 is 35.9 Å². The molecular weight excluding hydrogens is 494 g/mol. The van der Waals surface area contributed by atoms with E-state index >= 15 is 0 Å². The van der Waals surface area contributed by atoms with Crippen LogP contribution in [0.4, 0.5) is 18.9 Å². The number of carboxylic acids is 1. The molecule has 1 unspecified atom stereocenters. The lowest BCUT2D eigenvalue weighted by atomic mass is 9.74. The summed E-state index contributed by atoms with van der Waals surface area (Å²) in [4.78, 5) is 28.2. The molecule has 0 spiro atoms. The Balaban J connectivity index is 1.45. The zero-order valence-corrected chi connectivity index (χ0v) is 19.6. The second kappa shape index (κ2) is 9.26. The number of nitrogens with one attached hydrogen (secondary N) is 1. The normalized spacial score (nSPS) is 22.5. The van der Waals surface area contributed by atoms with Gasteiger partial charge in [-0.05, 0) is 55.0 Å². The lowest BCUT2D eigenvalue weighted by Gasteiger charge is -2.37. The summed E-state index contributed by atoms with van der Waals surface area (Å²) in [6.45, 7) is 0. The van der Waals surface area contributed by atoms with Gasteiger partial charge in [0.2, 0.25) is 5.91 Å². The second-order valence-electron chi connectivity index (χ2n) is 8.82. The third-order valence-corrected chi connectivity index (χ3v) is 7.37. The van der Waals surface area contributed by atoms with E-state index in [2.05, 4.69) is 10.3 Å². The first kappa shape index (κ1) is 24.6. The quantitative estimate of drug-likeness (QED) is 0.556. The number of fused-ring (bicyclic) bond motifs is 1. The highest BCUT2D eigenvalue weighted by Crippen LogP contribution is 2.41. The molecule has 1 amide bonds. The fourth-order valence-electron chi connectivity index (χ4n) is 4.64. The van der Waals surface area contributed by atoms with Crippen molar-refractivity contribution in [3.8, 4) is 0 Å². The van der Waals surface area contributed by atoms with Gasteiger partial charge in [-0.2, -0.15) is 13.2 Å². The molecule has 1 aromatic carbocycles. The molecule has 0 aliphatic heterocycles. The van der Waals surface area contributed by atoms with E-state index in [1.54, 1.807) is 6.07 Å². The molecule has 11 heteroatoms. The summed E-state index contributed by atoms with van der Waals surface area (Å²) >= 11 is 12.4. The first-order valence-electron chi connectivity index (χ1n) is 10.7. The Morgan fingerprint density at radius 3 is 2.44 bits per heavy atom. The van der Waals surface area contributed by atoms with E-state index in [0.29, 0.717) is 33.5 Å². The molecule has 1 heterocycles. The van der Waals surface area contributed by atoms with Crippen LogP contribution >= 0.6 is 23.2 Å². The van der Waals surface area contributed by atoms with Crippen molar-refractivity contribution in [2.75, 3.05) is 12.4 Å². The number of carbonyl (C=O) groups is 2. The number of halogens is 5. The molecule has 0 radical (unpaired) electrons. The van der Waals surface area contributed by atoms with E-state index in [0.717, 1.165) is 18.2 Å². The number of alkyl halides is 3. The summed E-state index contributed by atoms with van der Waals surface area (Å²) in [6, 6.07) is 4.16. The zero-order valence-electron chi connectivity index (χ0n) is 18.1. The number of carbonyl (C=O) groups excluding carboxylic acids is 1. The average molecular weight is 516 g/mol. The highest BCUT2D eigenvalue weighted by atomic mass is 35.5. The summed E-state index contributed by atoms with van der Waals surface area (Å²) < 4.78 is 41.7. The molecule has 2 aliphatic rings. The van der Waals surface area contributed by atoms with Crippen molar-refractivity contribution in [3.05, 3.63) is 57.3 Å². The Bertz CT molecular complexity index is 1110. The number of hydrogen-bond donors (Lipinski definition) is 2. The SMILES string of the molecule is CN(C(=O)C1CC(C(=O)O)C1)[C@@H](c1ccc(NC2Cc3ccc(Cl)c(Cl)c3C2)cn1)C(F)(F)F. The summed E-state index contributed by atoms with van der Waals surface area (Å²) in [5.41, 5.74) is 2.25. The minimum Gasteiger partial charge on any atom is -0.481 e. The van der Waals surface area contributed by atoms with Gasteiger partial charge in [0.25, 0.3) is 0 Å². The minimum absolute atomic E-state index is 0.0120. The third-order valence-electron chi connectivity index (χ3n) is 6.53. The largest absolute Gasteiger partial charge is 0.481 e. The third kappa shape index (κ3) is 4.81. The van der Waals surface area contributed by atoms with Gasteiger partial charge in [-0.3, -0.25) is 14.6 Å². The van der Waals surface area contributed by atoms with Crippen LogP contribution in [0.15, 0.2) is 30.5 Å². The van der Waals surface area contributed by atoms with Gasteiger partial charge in [-0.25, -0.2) is 0 Å². The highest BCUT2D eigenvalue weighted by Gasteiger charge is 2.49. The van der Waals surface area contributed by atoms with Crippen LogP contribution in [0.2, 0.25) is 10.0 Å². The van der Waals surface area contributed by atoms with Gasteiger partial charge in [0.1, 0.15) is 0 Å². The molecule has 6 nitrogen and oxygen atoms in total. The number of benzene rings is 1. The molecule has 2 atom stereocenters. The maximum absolute atomic E-state index is 13.9. The van der Waals surface area contributed by atoms with Gasteiger partial charge in [-0.1, -0.05) is 29.3 Å². The van der Waals surface area contributed by atoms with Crippen LogP contribution in [0.3, 0.4) is 0 Å². The van der Waals surface area contributed by atoms with Crippen molar-refractivity contribution in [2.24, 2.45) is 11.8 Å². The summed E-state index contributed by atoms with van der Waals surface area (Å²) in [5, 5.41) is 13.2. The van der Waals surface area contributed by atoms with E-state index in [1.165, 1.54) is 18.3 Å². The van der Waals surface area contributed by atoms with Crippen LogP contribution in [0, 0.1) is 11.8 Å². The fraction of sp³-hybridized carbons (Fsp3) is 0.435. The molecule has 2 aromatic rings. The van der Waals surface area contributed by atoms with Crippen LogP contribution < -0.4 is 5.32 Å². The molecular formula is C23H22Cl2F3N3O3. The lowest BCUT2D eigenvalue weighted by Crippen LogP contribution is -2.47. The van der Waals surface area contributed by atoms with Crippen LogP contribution in [0.5, 0.6) is 0 Å². The number of anilines is 1. The van der Waals surface area contributed by atoms with Crippen molar-refractivity contribution in [1.29, 1.82) is 0 Å². The Kier molecular flexibility index (Phi) is 6.70. The lowest BCUT2D eigenvalue weighted by molar-refractivity contribution is -0.193. The number of amides is 1. The van der Waals surface area contributed by atoms with E-state index in [1.807, 2.05) is 6.07 Å². The first-order chi connectivity index (χ1) is 16.0. The smallest absolute Gasteiger partial charge is 0.414 e. The van der Waals surface area contributed by atoms with Crippen molar-refractivity contribution in [3.63, 3.8) is 0 Å². The highest BCUT2D eigenvalue weighted by molar-refractivity contribution is 6.42. The molecule has 1 fully saturated rings. The molecule has 1 aromatic heterocycles. The number of aliphatic carboxylic acids is 1. The van der Waals surface area contributed by atoms with Crippen molar-refractivity contribution >= 4 is 40.8 Å². The maximum atomic E-state index is 13.9. The Morgan fingerprint density at radius 1 is 1.15 bits per heavy atom. The van der Waals surface area contributed by atoms with Crippen LogP contribution in [0.1, 0.15) is 35.7 Å². The second-order valence-corrected chi connectivity index (χ2v) is 9.60. The van der Waals surface area contributed by atoms with Gasteiger partial charge in [0, 0.05) is 19.0 Å². The number of hydrogen-bond acceptors (Lipinski definition) is 4. The number of nitrogens with zero attached hydrogens (tertiary/aromatic N) is 2. The van der Waals surface area contributed by atoms with Crippen molar-refractivity contribution in [2.45, 2.75) is 43.9 Å². The fourth-order valence-corrected chi connectivity index (χ4v) is 5.08. The number of pyridine rings is 1. The van der Waals surface area contributed by atoms with Crippen LogP contribution in [-0.2, 0) is 22.4 Å². The number of aromatic nitrogens is 1. The van der Waals surface area contributed by atoms with Crippen LogP contribution in [0.25, 0.3) is 0 Å². The molecule has 182 valence electrons. The van der Waals surface area contributed by atoms with Gasteiger partial charge < -0.3 is 15.3 Å². The molecule has 0 saturated heterocycles. The summed E-state index contributed by atoms with van der Waals surface area (Å²) in [6.07, 6.45) is -2.04. The summed E-state index contributed by atoms with van der Waals surface area (Å²) in [7, 11) is 1.08. The van der Waals surface area contributed by atoms with Crippen LogP contribution in [-0.4, -0.2) is 46.1 Å². The molecule has 1 saturated carbocycles. The zero-order chi connectivity index (χ0) is 24.8. The monoisotopic (exact) mass is 515 g/mol. The standard InChI is InChI=1S/C23H22Cl2F3N3O3/c1-31(21(32)12-6-13(7-12)22(33)34)20(23(26,27)28)18-5-3-14(10-29-18)30-15-8-11-2-4-17(24)19(25)16(11)9-15/h2-5,10,12-13,15,20,30H,6-9H2,1H3,(H,33,34)/t12?,13?,15?,20-/m0/s1. The van der Waals surface area contributed by atoms with Gasteiger partial charge in [0.15, 0.2) is 6.04 Å². The Morgan fingerprint density at radius 2 is 1.85 bits per heavy atom. The van der Waals surface area contributed by atoms with Crippen molar-refractivity contribution in [1.82, 2.24) is 9.88 Å². The van der Waals surface area contributed by atoms with E-state index in [-0.39, 0.29) is 24.6 Å². The average Bonchev–Trinajstić information content (AvgIpc) is 3.13.